The maximum Gasteiger partial charge on any atom is 0.173 e. The number of nitrogens with zero attached hydrogens (tertiary/aromatic N) is 6. The topological polar surface area (TPSA) is 77.8 Å². The molecule has 2 saturated heterocycles. The molecule has 0 bridgehead atoms. The number of tetrazole rings is 1. The van der Waals surface area contributed by atoms with Crippen LogP contribution < -0.4 is 14.4 Å². The van der Waals surface area contributed by atoms with Gasteiger partial charge in [-0.2, -0.15) is 0 Å². The molecule has 0 saturated carbocycles. The number of hydrogen-bond acceptors (Lipinski definition) is 8. The van der Waals surface area contributed by atoms with Crippen LogP contribution in [0.4, 0.5) is 10.1 Å². The van der Waals surface area contributed by atoms with Gasteiger partial charge >= 0.3 is 0 Å². The van der Waals surface area contributed by atoms with Crippen LogP contribution in [-0.4, -0.2) is 78.2 Å². The van der Waals surface area contributed by atoms with E-state index in [1.165, 1.54) is 12.1 Å². The summed E-state index contributed by atoms with van der Waals surface area (Å²) >= 11 is 0. The number of aromatic nitrogens is 4. The van der Waals surface area contributed by atoms with Gasteiger partial charge in [0.25, 0.3) is 0 Å². The highest BCUT2D eigenvalue weighted by Gasteiger charge is 2.32. The van der Waals surface area contributed by atoms with Crippen LogP contribution in [0.15, 0.2) is 42.5 Å². The second-order valence-electron chi connectivity index (χ2n) is 8.87. The van der Waals surface area contributed by atoms with Gasteiger partial charge in [0, 0.05) is 38.5 Å². The molecule has 2 aliphatic rings. The van der Waals surface area contributed by atoms with E-state index in [0.29, 0.717) is 18.0 Å². The number of ether oxygens (including phenoxy) is 3. The smallest absolute Gasteiger partial charge is 0.173 e. The first-order valence-corrected chi connectivity index (χ1v) is 12.0. The summed E-state index contributed by atoms with van der Waals surface area (Å²) in [5, 5.41) is 12.8. The molecule has 0 radical (unpaired) electrons. The van der Waals surface area contributed by atoms with Crippen LogP contribution in [-0.2, 0) is 11.3 Å². The molecule has 0 spiro atoms. The molecule has 35 heavy (non-hydrogen) atoms. The summed E-state index contributed by atoms with van der Waals surface area (Å²) < 4.78 is 32.2. The molecule has 3 aromatic rings. The van der Waals surface area contributed by atoms with Gasteiger partial charge in [0.15, 0.2) is 17.3 Å². The molecule has 3 heterocycles. The third-order valence-corrected chi connectivity index (χ3v) is 6.80. The first-order valence-electron chi connectivity index (χ1n) is 12.0. The lowest BCUT2D eigenvalue weighted by atomic mass is 10.0. The molecule has 2 atom stereocenters. The van der Waals surface area contributed by atoms with Crippen LogP contribution in [0.25, 0.3) is 0 Å². The molecule has 2 aliphatic heterocycles. The van der Waals surface area contributed by atoms with E-state index in [-0.39, 0.29) is 18.0 Å². The minimum Gasteiger partial charge on any atom is -0.493 e. The van der Waals surface area contributed by atoms with E-state index in [9.17, 15) is 4.39 Å². The van der Waals surface area contributed by atoms with E-state index < -0.39 is 0 Å². The minimum absolute atomic E-state index is 0.124. The highest BCUT2D eigenvalue weighted by Crippen LogP contribution is 2.35. The van der Waals surface area contributed by atoms with Crippen molar-refractivity contribution >= 4 is 5.69 Å². The van der Waals surface area contributed by atoms with Gasteiger partial charge in [-0.3, -0.25) is 4.90 Å². The van der Waals surface area contributed by atoms with Crippen LogP contribution >= 0.6 is 0 Å². The van der Waals surface area contributed by atoms with Crippen molar-refractivity contribution in [1.82, 2.24) is 25.1 Å². The Kier molecular flexibility index (Phi) is 7.10. The van der Waals surface area contributed by atoms with Gasteiger partial charge in [-0.05, 0) is 65.2 Å². The van der Waals surface area contributed by atoms with Gasteiger partial charge in [0.05, 0.1) is 32.9 Å². The SMILES string of the molecule is COc1ccc([C@H](c2nnnn2C[C@H]2CCCO2)N2CCN(c3ccc(F)cc3)CC2)cc1OC. The van der Waals surface area contributed by atoms with E-state index in [4.69, 9.17) is 14.2 Å². The molecule has 0 unspecified atom stereocenters. The zero-order chi connectivity index (χ0) is 24.2. The molecule has 0 aliphatic carbocycles. The molecule has 10 heteroatoms. The van der Waals surface area contributed by atoms with Crippen molar-refractivity contribution in [2.45, 2.75) is 31.5 Å². The maximum absolute atomic E-state index is 13.4. The molecular weight excluding hydrogens is 451 g/mol. The largest absolute Gasteiger partial charge is 0.493 e. The third-order valence-electron chi connectivity index (χ3n) is 6.80. The number of piperazine rings is 1. The highest BCUT2D eigenvalue weighted by atomic mass is 19.1. The quantitative estimate of drug-likeness (QED) is 0.485. The fourth-order valence-electron chi connectivity index (χ4n) is 4.95. The summed E-state index contributed by atoms with van der Waals surface area (Å²) in [6.45, 7) is 4.62. The second kappa shape index (κ2) is 10.6. The predicted octanol–water partition coefficient (Wildman–Crippen LogP) is 2.92. The Morgan fingerprint density at radius 3 is 2.49 bits per heavy atom. The lowest BCUT2D eigenvalue weighted by Gasteiger charge is -2.40. The van der Waals surface area contributed by atoms with Crippen molar-refractivity contribution in [2.75, 3.05) is 51.9 Å². The van der Waals surface area contributed by atoms with Crippen molar-refractivity contribution in [1.29, 1.82) is 0 Å². The van der Waals surface area contributed by atoms with E-state index >= 15 is 0 Å². The summed E-state index contributed by atoms with van der Waals surface area (Å²) in [6, 6.07) is 12.5. The highest BCUT2D eigenvalue weighted by molar-refractivity contribution is 5.47. The van der Waals surface area contributed by atoms with E-state index in [1.807, 2.05) is 35.0 Å². The zero-order valence-electron chi connectivity index (χ0n) is 20.1. The van der Waals surface area contributed by atoms with Crippen LogP contribution in [0.5, 0.6) is 11.5 Å². The van der Waals surface area contributed by atoms with Gasteiger partial charge in [-0.15, -0.1) is 5.10 Å². The normalized spacial score (nSPS) is 19.6. The molecule has 2 aromatic carbocycles. The summed E-state index contributed by atoms with van der Waals surface area (Å²) in [4.78, 5) is 4.66. The predicted molar refractivity (Wildman–Crippen MR) is 128 cm³/mol. The maximum atomic E-state index is 13.4. The van der Waals surface area contributed by atoms with Crippen LogP contribution in [0, 0.1) is 5.82 Å². The Hall–Kier alpha value is -3.24. The van der Waals surface area contributed by atoms with Crippen molar-refractivity contribution in [2.24, 2.45) is 0 Å². The summed E-state index contributed by atoms with van der Waals surface area (Å²) in [6.07, 6.45) is 2.20. The van der Waals surface area contributed by atoms with E-state index in [0.717, 1.165) is 62.7 Å². The van der Waals surface area contributed by atoms with Gasteiger partial charge in [0.2, 0.25) is 0 Å². The van der Waals surface area contributed by atoms with Gasteiger partial charge in [-0.25, -0.2) is 9.07 Å². The molecule has 2 fully saturated rings. The minimum atomic E-state index is -0.223. The third kappa shape index (κ3) is 5.08. The number of halogens is 1. The van der Waals surface area contributed by atoms with E-state index in [2.05, 4.69) is 25.3 Å². The average molecular weight is 483 g/mol. The van der Waals surface area contributed by atoms with Crippen LogP contribution in [0.3, 0.4) is 0 Å². The van der Waals surface area contributed by atoms with Crippen molar-refractivity contribution in [3.8, 4) is 11.5 Å². The number of hydrogen-bond donors (Lipinski definition) is 0. The Bertz CT molecular complexity index is 1110. The number of anilines is 1. The van der Waals surface area contributed by atoms with E-state index in [1.54, 1.807) is 14.2 Å². The van der Waals surface area contributed by atoms with Crippen molar-refractivity contribution in [3.63, 3.8) is 0 Å². The summed E-state index contributed by atoms with van der Waals surface area (Å²) in [5.74, 6) is 1.90. The summed E-state index contributed by atoms with van der Waals surface area (Å²) in [7, 11) is 3.27. The average Bonchev–Trinajstić information content (AvgIpc) is 3.58. The first-order chi connectivity index (χ1) is 17.2. The molecular formula is C25H31FN6O3. The molecule has 1 aromatic heterocycles. The molecule has 9 nitrogen and oxygen atoms in total. The zero-order valence-corrected chi connectivity index (χ0v) is 20.1. The molecule has 5 rings (SSSR count). The van der Waals surface area contributed by atoms with Crippen LogP contribution in [0.1, 0.15) is 30.3 Å². The number of rotatable bonds is 8. The Balaban J connectivity index is 1.43. The summed E-state index contributed by atoms with van der Waals surface area (Å²) in [5.41, 5.74) is 2.05. The lowest BCUT2D eigenvalue weighted by Crippen LogP contribution is -2.48. The van der Waals surface area contributed by atoms with Crippen molar-refractivity contribution < 1.29 is 18.6 Å². The Morgan fingerprint density at radius 2 is 1.80 bits per heavy atom. The van der Waals surface area contributed by atoms with Crippen molar-refractivity contribution in [3.05, 3.63) is 59.7 Å². The Morgan fingerprint density at radius 1 is 1.03 bits per heavy atom. The fourth-order valence-corrected chi connectivity index (χ4v) is 4.95. The van der Waals surface area contributed by atoms with Gasteiger partial charge in [-0.1, -0.05) is 6.07 Å². The van der Waals surface area contributed by atoms with Crippen LogP contribution in [0.2, 0.25) is 0 Å². The fraction of sp³-hybridized carbons (Fsp3) is 0.480. The molecule has 0 amide bonds. The Labute approximate surface area is 204 Å². The number of benzene rings is 2. The number of methoxy groups -OCH3 is 2. The molecule has 0 N–H and O–H groups in total. The van der Waals surface area contributed by atoms with Gasteiger partial charge in [0.1, 0.15) is 5.82 Å². The lowest BCUT2D eigenvalue weighted by molar-refractivity contribution is 0.0906. The monoisotopic (exact) mass is 482 g/mol. The molecule has 186 valence electrons. The first kappa shape index (κ1) is 23.5. The second-order valence-corrected chi connectivity index (χ2v) is 8.87. The van der Waals surface area contributed by atoms with Gasteiger partial charge < -0.3 is 19.1 Å². The standard InChI is InChI=1S/C25H31FN6O3/c1-33-22-10-5-18(16-23(22)34-2)24(25-27-28-29-32(25)17-21-4-3-15-35-21)31-13-11-30(12-14-31)20-8-6-19(26)7-9-20/h5-10,16,21,24H,3-4,11-15,17H2,1-2H3/t21-,24-/m1/s1.